The Morgan fingerprint density at radius 1 is 1.06 bits per heavy atom. The maximum absolute atomic E-state index is 14.4. The van der Waals surface area contributed by atoms with Crippen LogP contribution in [0.25, 0.3) is 0 Å². The molecule has 1 N–H and O–H groups in total. The summed E-state index contributed by atoms with van der Waals surface area (Å²) in [6.07, 6.45) is 4.88. The number of amides is 1. The van der Waals surface area contributed by atoms with Gasteiger partial charge in [0, 0.05) is 13.1 Å². The number of carbonyl (C=O) groups is 1. The Morgan fingerprint density at radius 2 is 1.69 bits per heavy atom. The summed E-state index contributed by atoms with van der Waals surface area (Å²) in [6, 6.07) is 12.5. The second-order valence-corrected chi connectivity index (χ2v) is 10.1. The summed E-state index contributed by atoms with van der Waals surface area (Å²) in [7, 11) is -3.88. The summed E-state index contributed by atoms with van der Waals surface area (Å²) in [5, 5.41) is 2.88. The highest BCUT2D eigenvalue weighted by atomic mass is 32.2. The van der Waals surface area contributed by atoms with Gasteiger partial charge in [0.2, 0.25) is 15.9 Å². The summed E-state index contributed by atoms with van der Waals surface area (Å²) < 4.78 is 40.3. The number of halogens is 1. The Kier molecular flexibility index (Phi) is 8.26. The van der Waals surface area contributed by atoms with E-state index in [4.69, 9.17) is 0 Å². The molecule has 8 heteroatoms. The highest BCUT2D eigenvalue weighted by molar-refractivity contribution is 7.92. The van der Waals surface area contributed by atoms with Crippen LogP contribution in [0.4, 0.5) is 10.1 Å². The molecule has 0 radical (unpaired) electrons. The fraction of sp³-hybridized carbons (Fsp3) is 0.458. The van der Waals surface area contributed by atoms with Crippen LogP contribution in [0.1, 0.15) is 43.7 Å². The van der Waals surface area contributed by atoms with Crippen LogP contribution >= 0.6 is 0 Å². The number of para-hydroxylation sites is 1. The van der Waals surface area contributed by atoms with E-state index in [0.717, 1.165) is 41.3 Å². The standard InChI is InChI=1S/C24H32FN3O3S/c1-3-22(28(32(2,30)31)23-14-8-7-13-21(23)25)24(29)26-17-19-11-5-6-12-20(19)18-27-15-9-4-10-16-27/h5-8,11-14,22H,3-4,9-10,15-18H2,1-2H3,(H,26,29)/t22-/m0/s1. The van der Waals surface area contributed by atoms with Gasteiger partial charge in [0.05, 0.1) is 11.9 Å². The topological polar surface area (TPSA) is 69.7 Å². The first-order chi connectivity index (χ1) is 15.3. The molecular formula is C24H32FN3O3S. The number of hydrogen-bond donors (Lipinski definition) is 1. The second-order valence-electron chi connectivity index (χ2n) is 8.26. The van der Waals surface area contributed by atoms with Crippen LogP contribution in [0.3, 0.4) is 0 Å². The molecular weight excluding hydrogens is 429 g/mol. The van der Waals surface area contributed by atoms with E-state index in [2.05, 4.69) is 16.3 Å². The van der Waals surface area contributed by atoms with Gasteiger partial charge in [0.25, 0.3) is 0 Å². The van der Waals surface area contributed by atoms with Gasteiger partial charge in [-0.15, -0.1) is 0 Å². The summed E-state index contributed by atoms with van der Waals surface area (Å²) in [5.41, 5.74) is 2.03. The fourth-order valence-electron chi connectivity index (χ4n) is 4.21. The van der Waals surface area contributed by atoms with Crippen LogP contribution in [0, 0.1) is 5.82 Å². The molecule has 1 fully saturated rings. The van der Waals surface area contributed by atoms with Crippen molar-refractivity contribution in [3.63, 3.8) is 0 Å². The van der Waals surface area contributed by atoms with Crippen molar-refractivity contribution in [3.05, 3.63) is 65.5 Å². The lowest BCUT2D eigenvalue weighted by molar-refractivity contribution is -0.122. The lowest BCUT2D eigenvalue weighted by Crippen LogP contribution is -2.49. The molecule has 3 rings (SSSR count). The third-order valence-corrected chi connectivity index (χ3v) is 7.00. The maximum atomic E-state index is 14.4. The third kappa shape index (κ3) is 6.07. The van der Waals surface area contributed by atoms with Crippen LogP contribution < -0.4 is 9.62 Å². The summed E-state index contributed by atoms with van der Waals surface area (Å²) in [5.74, 6) is -1.13. The van der Waals surface area contributed by atoms with E-state index in [-0.39, 0.29) is 18.7 Å². The SMILES string of the molecule is CC[C@@H](C(=O)NCc1ccccc1CN1CCCCC1)N(c1ccccc1F)S(C)(=O)=O. The van der Waals surface area contributed by atoms with Gasteiger partial charge in [-0.3, -0.25) is 14.0 Å². The Balaban J connectivity index is 1.76. The lowest BCUT2D eigenvalue weighted by Gasteiger charge is -2.30. The van der Waals surface area contributed by atoms with Gasteiger partial charge in [0.1, 0.15) is 11.9 Å². The van der Waals surface area contributed by atoms with Crippen molar-refractivity contribution in [1.29, 1.82) is 0 Å². The normalized spacial score (nSPS) is 15.8. The van der Waals surface area contributed by atoms with Crippen molar-refractivity contribution in [2.24, 2.45) is 0 Å². The Morgan fingerprint density at radius 3 is 2.31 bits per heavy atom. The first-order valence-corrected chi connectivity index (χ1v) is 13.0. The number of nitrogens with zero attached hydrogens (tertiary/aromatic N) is 2. The minimum atomic E-state index is -3.88. The molecule has 0 saturated carbocycles. The maximum Gasteiger partial charge on any atom is 0.244 e. The van der Waals surface area contributed by atoms with Crippen LogP contribution in [0.5, 0.6) is 0 Å². The molecule has 2 aromatic rings. The first kappa shape index (κ1) is 24.2. The summed E-state index contributed by atoms with van der Waals surface area (Å²) in [6.45, 7) is 4.98. The number of hydrogen-bond acceptors (Lipinski definition) is 4. The van der Waals surface area contributed by atoms with Gasteiger partial charge in [-0.05, 0) is 55.6 Å². The van der Waals surface area contributed by atoms with E-state index in [1.807, 2.05) is 18.2 Å². The van der Waals surface area contributed by atoms with E-state index in [9.17, 15) is 17.6 Å². The number of piperidine rings is 1. The van der Waals surface area contributed by atoms with E-state index in [1.54, 1.807) is 13.0 Å². The largest absolute Gasteiger partial charge is 0.350 e. The quantitative estimate of drug-likeness (QED) is 0.619. The molecule has 1 aliphatic rings. The molecule has 0 aromatic heterocycles. The van der Waals surface area contributed by atoms with Gasteiger partial charge in [0.15, 0.2) is 0 Å². The van der Waals surface area contributed by atoms with Crippen LogP contribution in [-0.2, 0) is 27.9 Å². The number of benzene rings is 2. The predicted octanol–water partition coefficient (Wildman–Crippen LogP) is 3.67. The highest BCUT2D eigenvalue weighted by Crippen LogP contribution is 2.25. The molecule has 0 unspecified atom stereocenters. The predicted molar refractivity (Wildman–Crippen MR) is 125 cm³/mol. The van der Waals surface area contributed by atoms with Gasteiger partial charge in [-0.1, -0.05) is 49.7 Å². The zero-order valence-corrected chi connectivity index (χ0v) is 19.6. The molecule has 0 aliphatic carbocycles. The summed E-state index contributed by atoms with van der Waals surface area (Å²) >= 11 is 0. The average Bonchev–Trinajstić information content (AvgIpc) is 2.77. The van der Waals surface area contributed by atoms with Gasteiger partial charge in [-0.25, -0.2) is 12.8 Å². The highest BCUT2D eigenvalue weighted by Gasteiger charge is 2.33. The third-order valence-electron chi connectivity index (χ3n) is 5.83. The van der Waals surface area contributed by atoms with Gasteiger partial charge >= 0.3 is 0 Å². The van der Waals surface area contributed by atoms with Crippen molar-refractivity contribution in [1.82, 2.24) is 10.2 Å². The smallest absolute Gasteiger partial charge is 0.244 e. The minimum absolute atomic E-state index is 0.123. The molecule has 1 heterocycles. The molecule has 1 aliphatic heterocycles. The van der Waals surface area contributed by atoms with Gasteiger partial charge < -0.3 is 5.32 Å². The van der Waals surface area contributed by atoms with Crippen molar-refractivity contribution < 1.29 is 17.6 Å². The van der Waals surface area contributed by atoms with E-state index in [0.29, 0.717) is 0 Å². The molecule has 0 spiro atoms. The van der Waals surface area contributed by atoms with E-state index >= 15 is 0 Å². The Hall–Kier alpha value is -2.45. The number of nitrogens with one attached hydrogen (secondary N) is 1. The Labute approximate surface area is 190 Å². The first-order valence-electron chi connectivity index (χ1n) is 11.1. The fourth-order valence-corrected chi connectivity index (χ4v) is 5.42. The van der Waals surface area contributed by atoms with Crippen molar-refractivity contribution >= 4 is 21.6 Å². The number of sulfonamides is 1. The van der Waals surface area contributed by atoms with Crippen molar-refractivity contribution in [3.8, 4) is 0 Å². The molecule has 1 saturated heterocycles. The van der Waals surface area contributed by atoms with Crippen molar-refractivity contribution in [2.75, 3.05) is 23.7 Å². The second kappa shape index (κ2) is 10.9. The molecule has 1 amide bonds. The Bertz CT molecular complexity index is 1020. The van der Waals surface area contributed by atoms with Crippen LogP contribution in [0.2, 0.25) is 0 Å². The number of anilines is 1. The van der Waals surface area contributed by atoms with Crippen LogP contribution in [0.15, 0.2) is 48.5 Å². The van der Waals surface area contributed by atoms with Crippen LogP contribution in [-0.4, -0.2) is 44.6 Å². The zero-order valence-electron chi connectivity index (χ0n) is 18.8. The average molecular weight is 462 g/mol. The molecule has 1 atom stereocenters. The monoisotopic (exact) mass is 461 g/mol. The van der Waals surface area contributed by atoms with Crippen molar-refractivity contribution in [2.45, 2.75) is 51.7 Å². The number of likely N-dealkylation sites (tertiary alicyclic amines) is 1. The number of carbonyl (C=O) groups excluding carboxylic acids is 1. The molecule has 0 bridgehead atoms. The van der Waals surface area contributed by atoms with E-state index < -0.39 is 27.8 Å². The van der Waals surface area contributed by atoms with Gasteiger partial charge in [-0.2, -0.15) is 0 Å². The van der Waals surface area contributed by atoms with E-state index in [1.165, 1.54) is 37.5 Å². The molecule has 174 valence electrons. The lowest BCUT2D eigenvalue weighted by atomic mass is 10.0. The zero-order chi connectivity index (χ0) is 23.1. The molecule has 2 aromatic carbocycles. The molecule has 6 nitrogen and oxygen atoms in total. The molecule has 32 heavy (non-hydrogen) atoms. The number of rotatable bonds is 9. The summed E-state index contributed by atoms with van der Waals surface area (Å²) in [4.78, 5) is 15.5. The minimum Gasteiger partial charge on any atom is -0.350 e.